The van der Waals surface area contributed by atoms with Gasteiger partial charge in [-0.15, -0.1) is 10.2 Å². The molecule has 0 bridgehead atoms. The van der Waals surface area contributed by atoms with Crippen molar-refractivity contribution in [3.63, 3.8) is 0 Å². The van der Waals surface area contributed by atoms with Crippen LogP contribution in [0.3, 0.4) is 0 Å². The molecule has 9 nitrogen and oxygen atoms in total. The molecule has 0 unspecified atom stereocenters. The molecular formula is C22H16BrN5O4S. The summed E-state index contributed by atoms with van der Waals surface area (Å²) in [7, 11) is 0. The van der Waals surface area contributed by atoms with Crippen LogP contribution in [-0.4, -0.2) is 26.4 Å². The van der Waals surface area contributed by atoms with Crippen LogP contribution in [0, 0.1) is 17.0 Å². The number of hydrogen-bond acceptors (Lipinski definition) is 9. The summed E-state index contributed by atoms with van der Waals surface area (Å²) < 4.78 is 13.2. The minimum atomic E-state index is -0.676. The van der Waals surface area contributed by atoms with E-state index in [1.54, 1.807) is 6.07 Å². The Bertz CT molecular complexity index is 1390. The van der Waals surface area contributed by atoms with Gasteiger partial charge in [0.15, 0.2) is 11.5 Å². The van der Waals surface area contributed by atoms with Gasteiger partial charge in [-0.25, -0.2) is 0 Å². The second-order valence-electron chi connectivity index (χ2n) is 7.24. The van der Waals surface area contributed by atoms with Crippen molar-refractivity contribution in [3.8, 4) is 28.5 Å². The molecule has 1 aliphatic heterocycles. The molecule has 166 valence electrons. The van der Waals surface area contributed by atoms with Crippen molar-refractivity contribution < 1.29 is 14.1 Å². The molecule has 2 aromatic heterocycles. The van der Waals surface area contributed by atoms with Gasteiger partial charge in [0.05, 0.1) is 4.92 Å². The lowest BCUT2D eigenvalue weighted by Gasteiger charge is -2.16. The molecule has 0 saturated heterocycles. The third kappa shape index (κ3) is 4.05. The number of thioether (sulfide) groups is 1. The summed E-state index contributed by atoms with van der Waals surface area (Å²) in [5.41, 5.74) is 3.65. The van der Waals surface area contributed by atoms with Crippen LogP contribution in [0.15, 0.2) is 62.6 Å². The van der Waals surface area contributed by atoms with Gasteiger partial charge in [-0.05, 0) is 55.1 Å². The molecule has 1 N–H and O–H groups in total. The number of nitro benzene ring substituents is 1. The maximum Gasteiger partial charge on any atom is 0.269 e. The number of nitrogens with zero attached hydrogens (tertiary/aromatic N) is 4. The molecule has 11 heteroatoms. The minimum Gasteiger partial charge on any atom is -0.455 e. The van der Waals surface area contributed by atoms with Gasteiger partial charge in [-0.1, -0.05) is 27.7 Å². The first kappa shape index (κ1) is 21.4. The standard InChI is InChI=1S/C22H16BrN5O4S/c1-11-9-13(28(29)30)4-5-14(11)17-7-8-18(31-17)20-24-16-6-3-12(23)10-15(16)19-21(32-20)25-22(33-2)27-26-19/h3-10,20,24H,1-2H3/t20-/m0/s1. The fourth-order valence-corrected chi connectivity index (χ4v) is 4.22. The zero-order chi connectivity index (χ0) is 23.1. The van der Waals surface area contributed by atoms with Crippen LogP contribution in [0.1, 0.15) is 17.6 Å². The number of aromatic nitrogens is 3. The van der Waals surface area contributed by atoms with Gasteiger partial charge in [0, 0.05) is 33.4 Å². The van der Waals surface area contributed by atoms with Crippen molar-refractivity contribution in [2.24, 2.45) is 0 Å². The number of nitrogens with one attached hydrogen (secondary N) is 1. The molecule has 4 aromatic rings. The molecular weight excluding hydrogens is 510 g/mol. The van der Waals surface area contributed by atoms with Crippen molar-refractivity contribution in [2.45, 2.75) is 18.3 Å². The number of nitro groups is 1. The summed E-state index contributed by atoms with van der Waals surface area (Å²) in [5.74, 6) is 1.44. The second kappa shape index (κ2) is 8.49. The summed E-state index contributed by atoms with van der Waals surface area (Å²) in [5, 5.41) is 23.4. The summed E-state index contributed by atoms with van der Waals surface area (Å²) in [6, 6.07) is 14.0. The number of non-ortho nitro benzene ring substituents is 1. The number of benzene rings is 2. The summed E-state index contributed by atoms with van der Waals surface area (Å²) in [6.45, 7) is 1.81. The van der Waals surface area contributed by atoms with Crippen LogP contribution < -0.4 is 10.1 Å². The fraction of sp³-hybridized carbons (Fsp3) is 0.136. The molecule has 1 aliphatic rings. The monoisotopic (exact) mass is 525 g/mol. The maximum absolute atomic E-state index is 11.0. The van der Waals surface area contributed by atoms with Gasteiger partial charge in [-0.2, -0.15) is 4.98 Å². The molecule has 2 aromatic carbocycles. The largest absolute Gasteiger partial charge is 0.455 e. The van der Waals surface area contributed by atoms with Gasteiger partial charge < -0.3 is 14.5 Å². The summed E-state index contributed by atoms with van der Waals surface area (Å²) >= 11 is 4.87. The third-order valence-corrected chi connectivity index (χ3v) is 6.17. The lowest BCUT2D eigenvalue weighted by atomic mass is 10.1. The highest BCUT2D eigenvalue weighted by Crippen LogP contribution is 2.41. The zero-order valence-electron chi connectivity index (χ0n) is 17.4. The minimum absolute atomic E-state index is 0.0351. The Morgan fingerprint density at radius 3 is 2.73 bits per heavy atom. The van der Waals surface area contributed by atoms with Crippen LogP contribution in [0.25, 0.3) is 22.6 Å². The smallest absolute Gasteiger partial charge is 0.269 e. The van der Waals surface area contributed by atoms with E-state index < -0.39 is 11.2 Å². The highest BCUT2D eigenvalue weighted by atomic mass is 79.9. The Labute approximate surface area is 200 Å². The van der Waals surface area contributed by atoms with Crippen LogP contribution in [-0.2, 0) is 0 Å². The normalized spacial score (nSPS) is 14.5. The molecule has 0 fully saturated rings. The molecule has 0 saturated carbocycles. The highest BCUT2D eigenvalue weighted by Gasteiger charge is 2.28. The van der Waals surface area contributed by atoms with Gasteiger partial charge in [0.25, 0.3) is 5.69 Å². The van der Waals surface area contributed by atoms with Crippen molar-refractivity contribution in [2.75, 3.05) is 11.6 Å². The number of anilines is 1. The average Bonchev–Trinajstić information content (AvgIpc) is 3.23. The van der Waals surface area contributed by atoms with Crippen molar-refractivity contribution in [3.05, 3.63) is 74.4 Å². The number of aryl methyl sites for hydroxylation is 1. The van der Waals surface area contributed by atoms with Crippen molar-refractivity contribution in [1.82, 2.24) is 15.2 Å². The first-order valence-electron chi connectivity index (χ1n) is 9.80. The molecule has 33 heavy (non-hydrogen) atoms. The number of halogens is 1. The Balaban J connectivity index is 1.55. The Morgan fingerprint density at radius 1 is 1.12 bits per heavy atom. The predicted molar refractivity (Wildman–Crippen MR) is 127 cm³/mol. The van der Waals surface area contributed by atoms with E-state index >= 15 is 0 Å². The third-order valence-electron chi connectivity index (χ3n) is 5.14. The Hall–Kier alpha value is -3.44. The summed E-state index contributed by atoms with van der Waals surface area (Å²) in [4.78, 5) is 15.1. The molecule has 1 atom stereocenters. The maximum atomic E-state index is 11.0. The number of hydrogen-bond donors (Lipinski definition) is 1. The topological polar surface area (TPSA) is 116 Å². The number of rotatable bonds is 4. The molecule has 0 amide bonds. The van der Waals surface area contributed by atoms with Gasteiger partial charge in [0.1, 0.15) is 5.76 Å². The van der Waals surface area contributed by atoms with E-state index in [1.165, 1.54) is 23.9 Å². The van der Waals surface area contributed by atoms with E-state index in [-0.39, 0.29) is 5.69 Å². The van der Waals surface area contributed by atoms with Gasteiger partial charge >= 0.3 is 0 Å². The van der Waals surface area contributed by atoms with E-state index in [9.17, 15) is 10.1 Å². The first-order valence-corrected chi connectivity index (χ1v) is 11.8. The lowest BCUT2D eigenvalue weighted by Crippen LogP contribution is -2.16. The van der Waals surface area contributed by atoms with Crippen LogP contribution in [0.4, 0.5) is 11.4 Å². The Kier molecular flexibility index (Phi) is 5.51. The van der Waals surface area contributed by atoms with E-state index in [4.69, 9.17) is 9.15 Å². The van der Waals surface area contributed by atoms with E-state index in [0.29, 0.717) is 28.3 Å². The molecule has 3 heterocycles. The van der Waals surface area contributed by atoms with Crippen LogP contribution in [0.5, 0.6) is 5.88 Å². The molecule has 5 rings (SSSR count). The predicted octanol–water partition coefficient (Wildman–Crippen LogP) is 6.00. The first-order chi connectivity index (χ1) is 15.9. The van der Waals surface area contributed by atoms with E-state index in [2.05, 4.69) is 36.4 Å². The SMILES string of the molecule is CSc1nnc2c(n1)O[C@@H](c1ccc(-c3ccc([N+](=O)[O-])cc3C)o1)Nc1ccc(Br)cc1-2. The van der Waals surface area contributed by atoms with Crippen LogP contribution in [0.2, 0.25) is 0 Å². The highest BCUT2D eigenvalue weighted by molar-refractivity contribution is 9.10. The number of fused-ring (bicyclic) bond motifs is 3. The van der Waals surface area contributed by atoms with Gasteiger partial charge in [0.2, 0.25) is 17.3 Å². The molecule has 0 radical (unpaired) electrons. The van der Waals surface area contributed by atoms with Crippen LogP contribution >= 0.6 is 27.7 Å². The second-order valence-corrected chi connectivity index (χ2v) is 8.93. The lowest BCUT2D eigenvalue weighted by molar-refractivity contribution is -0.384. The van der Waals surface area contributed by atoms with E-state index in [0.717, 1.165) is 26.9 Å². The van der Waals surface area contributed by atoms with Gasteiger partial charge in [-0.3, -0.25) is 10.1 Å². The molecule has 0 spiro atoms. The number of ether oxygens (including phenoxy) is 1. The Morgan fingerprint density at radius 2 is 1.97 bits per heavy atom. The zero-order valence-corrected chi connectivity index (χ0v) is 19.8. The summed E-state index contributed by atoms with van der Waals surface area (Å²) in [6.07, 6.45) is 1.19. The van der Waals surface area contributed by atoms with Crippen molar-refractivity contribution >= 4 is 39.1 Å². The number of furan rings is 1. The van der Waals surface area contributed by atoms with Crippen molar-refractivity contribution in [1.29, 1.82) is 0 Å². The average molecular weight is 526 g/mol. The van der Waals surface area contributed by atoms with E-state index in [1.807, 2.05) is 43.5 Å². The molecule has 0 aliphatic carbocycles. The quantitative estimate of drug-likeness (QED) is 0.194. The fourth-order valence-electron chi connectivity index (χ4n) is 3.56.